The van der Waals surface area contributed by atoms with Gasteiger partial charge in [0.2, 0.25) is 0 Å². The van der Waals surface area contributed by atoms with Crippen molar-refractivity contribution in [3.05, 3.63) is 23.8 Å². The third kappa shape index (κ3) is 4.79. The molecule has 4 nitrogen and oxygen atoms in total. The van der Waals surface area contributed by atoms with Crippen LogP contribution in [0.3, 0.4) is 0 Å². The van der Waals surface area contributed by atoms with Gasteiger partial charge in [0, 0.05) is 13.1 Å². The van der Waals surface area contributed by atoms with Crippen molar-refractivity contribution < 1.29 is 9.53 Å². The van der Waals surface area contributed by atoms with Gasteiger partial charge in [0.1, 0.15) is 5.75 Å². The van der Waals surface area contributed by atoms with Crippen LogP contribution >= 0.6 is 0 Å². The smallest absolute Gasteiger partial charge is 0.265 e. The molecular weight excluding hydrogens is 324 g/mol. The number of carbonyl (C=O) groups excluding carboxylic acids is 1. The number of unbranched alkanes of at least 4 members (excludes halogenated alkanes) is 1. The highest BCUT2D eigenvalue weighted by atomic mass is 16.5. The van der Waals surface area contributed by atoms with Gasteiger partial charge in [-0.25, -0.2) is 0 Å². The first kappa shape index (κ1) is 19.2. The fourth-order valence-electron chi connectivity index (χ4n) is 4.27. The molecular formula is C22H34N2O2. The predicted octanol–water partition coefficient (Wildman–Crippen LogP) is 4.26. The molecule has 0 radical (unpaired) electrons. The van der Waals surface area contributed by atoms with Crippen molar-refractivity contribution in [3.8, 4) is 5.75 Å². The van der Waals surface area contributed by atoms with Crippen LogP contribution in [-0.4, -0.2) is 43.6 Å². The van der Waals surface area contributed by atoms with Crippen molar-refractivity contribution in [2.75, 3.05) is 37.7 Å². The molecule has 0 aromatic heterocycles. The van der Waals surface area contributed by atoms with Crippen LogP contribution in [0.4, 0.5) is 5.69 Å². The maximum Gasteiger partial charge on any atom is 0.265 e. The third-order valence-electron chi connectivity index (χ3n) is 5.79. The number of likely N-dealkylation sites (tertiary alicyclic amines) is 1. The van der Waals surface area contributed by atoms with E-state index in [0.717, 1.165) is 36.0 Å². The monoisotopic (exact) mass is 358 g/mol. The SMILES string of the molecule is CCCCC1CCN(C[C@@H](C)CN2C(=O)COc3ccc(C)cc32)CC1. The minimum atomic E-state index is 0.0771. The zero-order chi connectivity index (χ0) is 18.5. The predicted molar refractivity (Wildman–Crippen MR) is 107 cm³/mol. The molecule has 3 rings (SSSR count). The van der Waals surface area contributed by atoms with Crippen LogP contribution in [0.1, 0.15) is 51.5 Å². The highest BCUT2D eigenvalue weighted by Crippen LogP contribution is 2.33. The Hall–Kier alpha value is -1.55. The molecule has 0 N–H and O–H groups in total. The number of anilines is 1. The van der Waals surface area contributed by atoms with Crippen LogP contribution in [-0.2, 0) is 4.79 Å². The largest absolute Gasteiger partial charge is 0.482 e. The Morgan fingerprint density at radius 2 is 2.00 bits per heavy atom. The molecule has 2 heterocycles. The normalized spacial score (nSPS) is 20.0. The lowest BCUT2D eigenvalue weighted by atomic mass is 9.91. The lowest BCUT2D eigenvalue weighted by Crippen LogP contribution is -2.44. The minimum absolute atomic E-state index is 0.0771. The fraction of sp³-hybridized carbons (Fsp3) is 0.682. The molecule has 4 heteroatoms. The zero-order valence-electron chi connectivity index (χ0n) is 16.7. The standard InChI is InChI=1S/C22H34N2O2/c1-4-5-6-19-9-11-23(12-10-19)14-18(3)15-24-20-13-17(2)7-8-21(20)26-16-22(24)25/h7-8,13,18-19H,4-6,9-12,14-16H2,1-3H3/t18-/m1/s1. The number of amides is 1. The molecule has 0 bridgehead atoms. The van der Waals surface area contributed by atoms with Gasteiger partial charge < -0.3 is 14.5 Å². The van der Waals surface area contributed by atoms with Crippen molar-refractivity contribution in [1.29, 1.82) is 0 Å². The summed E-state index contributed by atoms with van der Waals surface area (Å²) < 4.78 is 5.59. The van der Waals surface area contributed by atoms with Gasteiger partial charge in [-0.1, -0.05) is 39.2 Å². The average Bonchev–Trinajstić information content (AvgIpc) is 2.63. The Morgan fingerprint density at radius 3 is 2.73 bits per heavy atom. The third-order valence-corrected chi connectivity index (χ3v) is 5.79. The number of hydrogen-bond acceptors (Lipinski definition) is 3. The molecule has 2 aliphatic rings. The van der Waals surface area contributed by atoms with Gasteiger partial charge in [-0.3, -0.25) is 4.79 Å². The van der Waals surface area contributed by atoms with E-state index < -0.39 is 0 Å². The number of fused-ring (bicyclic) bond motifs is 1. The minimum Gasteiger partial charge on any atom is -0.482 e. The summed E-state index contributed by atoms with van der Waals surface area (Å²) in [6.45, 7) is 11.0. The molecule has 2 aliphatic heterocycles. The lowest BCUT2D eigenvalue weighted by molar-refractivity contribution is -0.121. The van der Waals surface area contributed by atoms with E-state index >= 15 is 0 Å². The Labute approximate surface area is 158 Å². The number of ether oxygens (including phenoxy) is 1. The van der Waals surface area contributed by atoms with E-state index in [1.807, 2.05) is 17.0 Å². The molecule has 1 atom stereocenters. The summed E-state index contributed by atoms with van der Waals surface area (Å²) in [7, 11) is 0. The molecule has 0 spiro atoms. The van der Waals surface area contributed by atoms with E-state index in [-0.39, 0.29) is 12.5 Å². The summed E-state index contributed by atoms with van der Waals surface area (Å²) in [5.41, 5.74) is 2.10. The van der Waals surface area contributed by atoms with Gasteiger partial charge in [0.15, 0.2) is 6.61 Å². The first-order chi connectivity index (χ1) is 12.6. The van der Waals surface area contributed by atoms with Gasteiger partial charge in [-0.15, -0.1) is 0 Å². The van der Waals surface area contributed by atoms with E-state index in [9.17, 15) is 4.79 Å². The topological polar surface area (TPSA) is 32.8 Å². The van der Waals surface area contributed by atoms with Crippen molar-refractivity contribution in [2.45, 2.75) is 52.9 Å². The Bertz CT molecular complexity index is 608. The maximum atomic E-state index is 12.4. The van der Waals surface area contributed by atoms with Gasteiger partial charge in [-0.05, 0) is 62.4 Å². The second-order valence-electron chi connectivity index (χ2n) is 8.26. The first-order valence-corrected chi connectivity index (χ1v) is 10.3. The second-order valence-corrected chi connectivity index (χ2v) is 8.26. The van der Waals surface area contributed by atoms with E-state index in [1.165, 1.54) is 45.2 Å². The van der Waals surface area contributed by atoms with Crippen LogP contribution < -0.4 is 9.64 Å². The molecule has 144 valence electrons. The average molecular weight is 359 g/mol. The fourth-order valence-corrected chi connectivity index (χ4v) is 4.27. The molecule has 1 saturated heterocycles. The van der Waals surface area contributed by atoms with Gasteiger partial charge in [0.05, 0.1) is 5.69 Å². The second kappa shape index (κ2) is 8.90. The highest BCUT2D eigenvalue weighted by Gasteiger charge is 2.28. The van der Waals surface area contributed by atoms with Crippen LogP contribution in [0.25, 0.3) is 0 Å². The quantitative estimate of drug-likeness (QED) is 0.730. The maximum absolute atomic E-state index is 12.4. The number of piperidine rings is 1. The highest BCUT2D eigenvalue weighted by molar-refractivity contribution is 5.97. The number of nitrogens with zero attached hydrogens (tertiary/aromatic N) is 2. The van der Waals surface area contributed by atoms with Gasteiger partial charge in [0.25, 0.3) is 5.91 Å². The Balaban J connectivity index is 1.53. The van der Waals surface area contributed by atoms with Crippen molar-refractivity contribution in [2.24, 2.45) is 11.8 Å². The Kier molecular flexibility index (Phi) is 6.58. The lowest BCUT2D eigenvalue weighted by Gasteiger charge is -2.36. The molecule has 1 aromatic carbocycles. The van der Waals surface area contributed by atoms with E-state index in [4.69, 9.17) is 4.74 Å². The summed E-state index contributed by atoms with van der Waals surface area (Å²) in [6.07, 6.45) is 6.76. The zero-order valence-corrected chi connectivity index (χ0v) is 16.7. The summed E-state index contributed by atoms with van der Waals surface area (Å²) in [6, 6.07) is 6.09. The van der Waals surface area contributed by atoms with Crippen LogP contribution in [0.15, 0.2) is 18.2 Å². The molecule has 0 aliphatic carbocycles. The van der Waals surface area contributed by atoms with Crippen LogP contribution in [0.5, 0.6) is 5.75 Å². The molecule has 1 aromatic rings. The number of hydrogen-bond donors (Lipinski definition) is 0. The number of aryl methyl sites for hydroxylation is 1. The van der Waals surface area contributed by atoms with Crippen molar-refractivity contribution in [3.63, 3.8) is 0 Å². The molecule has 26 heavy (non-hydrogen) atoms. The number of rotatable bonds is 7. The number of benzene rings is 1. The molecule has 1 amide bonds. The van der Waals surface area contributed by atoms with E-state index in [1.54, 1.807) is 0 Å². The van der Waals surface area contributed by atoms with Crippen LogP contribution in [0, 0.1) is 18.8 Å². The molecule has 1 fully saturated rings. The summed E-state index contributed by atoms with van der Waals surface area (Å²) >= 11 is 0. The van der Waals surface area contributed by atoms with E-state index in [2.05, 4.69) is 31.7 Å². The summed E-state index contributed by atoms with van der Waals surface area (Å²) in [5, 5.41) is 0. The first-order valence-electron chi connectivity index (χ1n) is 10.3. The van der Waals surface area contributed by atoms with Gasteiger partial charge in [-0.2, -0.15) is 0 Å². The van der Waals surface area contributed by atoms with E-state index in [0.29, 0.717) is 5.92 Å². The molecule has 0 unspecified atom stereocenters. The van der Waals surface area contributed by atoms with Gasteiger partial charge >= 0.3 is 0 Å². The Morgan fingerprint density at radius 1 is 1.23 bits per heavy atom. The van der Waals surface area contributed by atoms with Crippen molar-refractivity contribution >= 4 is 11.6 Å². The summed E-state index contributed by atoms with van der Waals surface area (Å²) in [5.74, 6) is 2.29. The molecule has 0 saturated carbocycles. The van der Waals surface area contributed by atoms with Crippen molar-refractivity contribution in [1.82, 2.24) is 4.90 Å². The number of carbonyl (C=O) groups is 1. The van der Waals surface area contributed by atoms with Crippen LogP contribution in [0.2, 0.25) is 0 Å². The summed E-state index contributed by atoms with van der Waals surface area (Å²) in [4.78, 5) is 17.0.